The predicted molar refractivity (Wildman–Crippen MR) is 108 cm³/mol. The van der Waals surface area contributed by atoms with Gasteiger partial charge in [-0.1, -0.05) is 6.07 Å². The first-order chi connectivity index (χ1) is 14.7. The number of hydrogen-bond acceptors (Lipinski definition) is 6. The molecule has 7 nitrogen and oxygen atoms in total. The van der Waals surface area contributed by atoms with Gasteiger partial charge in [0.25, 0.3) is 0 Å². The van der Waals surface area contributed by atoms with Gasteiger partial charge in [-0.15, -0.1) is 10.2 Å². The maximum absolute atomic E-state index is 14.7. The molecule has 3 aromatic heterocycles. The molecule has 0 aliphatic carbocycles. The van der Waals surface area contributed by atoms with Crippen molar-refractivity contribution in [3.8, 4) is 22.6 Å². The van der Waals surface area contributed by atoms with Gasteiger partial charge in [0.05, 0.1) is 19.1 Å². The third-order valence-electron chi connectivity index (χ3n) is 5.82. The predicted octanol–water partition coefficient (Wildman–Crippen LogP) is 3.72. The Morgan fingerprint density at radius 2 is 2.00 bits per heavy atom. The average Bonchev–Trinajstić information content (AvgIpc) is 3.40. The number of benzene rings is 1. The number of anilines is 1. The van der Waals surface area contributed by atoms with Crippen molar-refractivity contribution < 1.29 is 13.9 Å². The summed E-state index contributed by atoms with van der Waals surface area (Å²) in [5.74, 6) is 1.80. The van der Waals surface area contributed by atoms with Gasteiger partial charge in [-0.3, -0.25) is 9.38 Å². The maximum Gasteiger partial charge on any atom is 0.170 e. The molecule has 0 amide bonds. The highest BCUT2D eigenvalue weighted by molar-refractivity contribution is 5.82. The van der Waals surface area contributed by atoms with E-state index in [0.29, 0.717) is 42.5 Å². The van der Waals surface area contributed by atoms with Gasteiger partial charge in [0.15, 0.2) is 17.2 Å². The van der Waals surface area contributed by atoms with Crippen LogP contribution in [0.25, 0.3) is 16.8 Å². The van der Waals surface area contributed by atoms with Crippen molar-refractivity contribution in [3.63, 3.8) is 0 Å². The molecule has 1 N–H and O–H groups in total. The van der Waals surface area contributed by atoms with E-state index in [1.165, 1.54) is 6.07 Å². The van der Waals surface area contributed by atoms with Crippen LogP contribution in [0.1, 0.15) is 22.7 Å². The number of aryl methyl sites for hydroxylation is 1. The third kappa shape index (κ3) is 2.46. The van der Waals surface area contributed by atoms with E-state index in [9.17, 15) is 4.39 Å². The zero-order valence-corrected chi connectivity index (χ0v) is 16.2. The van der Waals surface area contributed by atoms with Crippen molar-refractivity contribution in [1.29, 1.82) is 0 Å². The Labute approximate surface area is 171 Å². The summed E-state index contributed by atoms with van der Waals surface area (Å²) in [6.07, 6.45) is 3.40. The molecule has 30 heavy (non-hydrogen) atoms. The van der Waals surface area contributed by atoms with E-state index >= 15 is 0 Å². The molecule has 8 heteroatoms. The Morgan fingerprint density at radius 3 is 2.87 bits per heavy atom. The normalized spacial score (nSPS) is 17.1. The summed E-state index contributed by atoms with van der Waals surface area (Å²) in [6.45, 7) is 3.13. The number of nitrogens with zero attached hydrogens (tertiary/aromatic N) is 4. The molecule has 5 heterocycles. The second kappa shape index (κ2) is 6.41. The van der Waals surface area contributed by atoms with E-state index < -0.39 is 0 Å². The fourth-order valence-electron chi connectivity index (χ4n) is 4.35. The average molecular weight is 403 g/mol. The van der Waals surface area contributed by atoms with Gasteiger partial charge >= 0.3 is 0 Å². The second-order valence-corrected chi connectivity index (χ2v) is 7.54. The highest BCUT2D eigenvalue weighted by Gasteiger charge is 2.31. The van der Waals surface area contributed by atoms with E-state index in [4.69, 9.17) is 9.47 Å². The van der Waals surface area contributed by atoms with Crippen LogP contribution in [-0.4, -0.2) is 32.8 Å². The van der Waals surface area contributed by atoms with Crippen LogP contribution >= 0.6 is 0 Å². The Balaban J connectivity index is 1.54. The smallest absolute Gasteiger partial charge is 0.170 e. The SMILES string of the molecule is Cc1ncccc1-c1cc2c(n3cnnc13)NCc1c(F)ccc3c1[C@H](CO3)CO2. The third-order valence-corrected chi connectivity index (χ3v) is 5.82. The molecule has 0 fully saturated rings. The van der Waals surface area contributed by atoms with E-state index in [0.717, 1.165) is 28.1 Å². The summed E-state index contributed by atoms with van der Waals surface area (Å²) in [6, 6.07) is 9.01. The van der Waals surface area contributed by atoms with Gasteiger partial charge in [0, 0.05) is 40.7 Å². The first-order valence-corrected chi connectivity index (χ1v) is 9.80. The van der Waals surface area contributed by atoms with Crippen LogP contribution in [0.5, 0.6) is 11.5 Å². The fourth-order valence-corrected chi connectivity index (χ4v) is 4.35. The highest BCUT2D eigenvalue weighted by atomic mass is 19.1. The van der Waals surface area contributed by atoms with E-state index in [-0.39, 0.29) is 11.7 Å². The summed E-state index contributed by atoms with van der Waals surface area (Å²) in [7, 11) is 0. The molecule has 2 aliphatic heterocycles. The Bertz CT molecular complexity index is 1300. The van der Waals surface area contributed by atoms with Crippen LogP contribution < -0.4 is 14.8 Å². The minimum atomic E-state index is -0.247. The molecule has 4 aromatic rings. The molecule has 2 aliphatic rings. The Kier molecular flexibility index (Phi) is 3.68. The lowest BCUT2D eigenvalue weighted by molar-refractivity contribution is 0.249. The fraction of sp³-hybridized carbons (Fsp3) is 0.227. The highest BCUT2D eigenvalue weighted by Crippen LogP contribution is 2.42. The van der Waals surface area contributed by atoms with Crippen LogP contribution in [0.15, 0.2) is 42.9 Å². The van der Waals surface area contributed by atoms with Crippen molar-refractivity contribution in [3.05, 3.63) is 65.5 Å². The molecule has 1 atom stereocenters. The summed E-state index contributed by atoms with van der Waals surface area (Å²) >= 11 is 0. The molecular weight excluding hydrogens is 385 g/mol. The second-order valence-electron chi connectivity index (χ2n) is 7.54. The van der Waals surface area contributed by atoms with Crippen molar-refractivity contribution in [1.82, 2.24) is 19.6 Å². The quantitative estimate of drug-likeness (QED) is 0.522. The molecule has 6 rings (SSSR count). The maximum atomic E-state index is 14.7. The molecule has 0 radical (unpaired) electrons. The van der Waals surface area contributed by atoms with E-state index in [2.05, 4.69) is 20.5 Å². The minimum Gasteiger partial charge on any atom is -0.493 e. The molecule has 0 saturated heterocycles. The van der Waals surface area contributed by atoms with Crippen LogP contribution in [-0.2, 0) is 6.54 Å². The van der Waals surface area contributed by atoms with Gasteiger partial charge < -0.3 is 14.8 Å². The number of fused-ring (bicyclic) bond motifs is 3. The number of pyridine rings is 2. The molecule has 0 saturated carbocycles. The number of halogens is 1. The summed E-state index contributed by atoms with van der Waals surface area (Å²) in [5.41, 5.74) is 4.91. The summed E-state index contributed by atoms with van der Waals surface area (Å²) < 4.78 is 28.6. The monoisotopic (exact) mass is 403 g/mol. The van der Waals surface area contributed by atoms with Crippen LogP contribution in [0.3, 0.4) is 0 Å². The van der Waals surface area contributed by atoms with E-state index in [1.807, 2.05) is 29.5 Å². The van der Waals surface area contributed by atoms with Gasteiger partial charge in [-0.05, 0) is 31.2 Å². The van der Waals surface area contributed by atoms with E-state index in [1.54, 1.807) is 18.6 Å². The van der Waals surface area contributed by atoms with Crippen molar-refractivity contribution >= 4 is 11.5 Å². The Hall–Kier alpha value is -3.68. The topological polar surface area (TPSA) is 73.6 Å². The Morgan fingerprint density at radius 1 is 1.13 bits per heavy atom. The lowest BCUT2D eigenvalue weighted by Gasteiger charge is -2.17. The van der Waals surface area contributed by atoms with Crippen molar-refractivity contribution in [2.45, 2.75) is 19.4 Å². The number of aromatic nitrogens is 4. The molecule has 0 spiro atoms. The van der Waals surface area contributed by atoms with Crippen LogP contribution in [0, 0.1) is 12.7 Å². The summed E-state index contributed by atoms with van der Waals surface area (Å²) in [5, 5.41) is 11.8. The zero-order chi connectivity index (χ0) is 20.2. The van der Waals surface area contributed by atoms with Crippen molar-refractivity contribution in [2.75, 3.05) is 18.5 Å². The van der Waals surface area contributed by atoms with Gasteiger partial charge in [-0.25, -0.2) is 4.39 Å². The summed E-state index contributed by atoms with van der Waals surface area (Å²) in [4.78, 5) is 4.40. The first kappa shape index (κ1) is 17.2. The van der Waals surface area contributed by atoms with Crippen LogP contribution in [0.4, 0.5) is 10.2 Å². The minimum absolute atomic E-state index is 0.0290. The number of ether oxygens (including phenoxy) is 2. The van der Waals surface area contributed by atoms with Gasteiger partial charge in [0.2, 0.25) is 0 Å². The lowest BCUT2D eigenvalue weighted by atomic mass is 9.96. The van der Waals surface area contributed by atoms with Gasteiger partial charge in [0.1, 0.15) is 17.9 Å². The molecule has 0 unspecified atom stereocenters. The van der Waals surface area contributed by atoms with Crippen molar-refractivity contribution in [2.24, 2.45) is 0 Å². The molecule has 150 valence electrons. The number of nitrogens with one attached hydrogen (secondary N) is 1. The molecule has 0 bridgehead atoms. The molecular formula is C22H18FN5O2. The number of hydrogen-bond donors (Lipinski definition) is 1. The standard InChI is InChI=1S/C22H18FN5O2/c1-12-14(3-2-6-24-12)15-7-19-22(28-11-26-27-21(15)28)25-8-16-17(23)4-5-18-20(16)13(9-29-18)10-30-19/h2-7,11,13,25H,8-10H2,1H3/t13-/m1/s1. The zero-order valence-electron chi connectivity index (χ0n) is 16.2. The van der Waals surface area contributed by atoms with Crippen LogP contribution in [0.2, 0.25) is 0 Å². The van der Waals surface area contributed by atoms with Gasteiger partial charge in [-0.2, -0.15) is 0 Å². The lowest BCUT2D eigenvalue weighted by Crippen LogP contribution is -2.13. The molecule has 1 aromatic carbocycles. The first-order valence-electron chi connectivity index (χ1n) is 9.80. The number of rotatable bonds is 1. The largest absolute Gasteiger partial charge is 0.493 e.